The highest BCUT2D eigenvalue weighted by atomic mass is 32.2. The molecule has 28 heavy (non-hydrogen) atoms. The van der Waals surface area contributed by atoms with E-state index in [1.807, 2.05) is 68.4 Å². The second kappa shape index (κ2) is 8.54. The molecule has 2 N–H and O–H groups in total. The van der Waals surface area contributed by atoms with Gasteiger partial charge in [0.1, 0.15) is 6.04 Å². The summed E-state index contributed by atoms with van der Waals surface area (Å²) in [6.07, 6.45) is 0.270. The Balaban J connectivity index is 1.89. The number of hydrogen-bond donors (Lipinski definition) is 2. The molecule has 0 saturated carbocycles. The third kappa shape index (κ3) is 4.97. The fourth-order valence-electron chi connectivity index (χ4n) is 3.01. The molecule has 0 aliphatic carbocycles. The zero-order valence-electron chi connectivity index (χ0n) is 15.9. The van der Waals surface area contributed by atoms with Crippen molar-refractivity contribution >= 4 is 26.7 Å². The molecular weight excluding hydrogens is 372 g/mol. The lowest BCUT2D eigenvalue weighted by molar-refractivity contribution is -0.123. The summed E-state index contributed by atoms with van der Waals surface area (Å²) >= 11 is 0. The smallest absolute Gasteiger partial charge is 0.241 e. The SMILES string of the molecule is CC(C)NC(=O)C(Cc1ccccc1)NS(=O)(=O)c1ccc2ccccc2c1. The predicted octanol–water partition coefficient (Wildman–Crippen LogP) is 3.25. The zero-order chi connectivity index (χ0) is 20.1. The van der Waals surface area contributed by atoms with E-state index in [4.69, 9.17) is 0 Å². The number of carbonyl (C=O) groups excluding carboxylic acids is 1. The van der Waals surface area contributed by atoms with E-state index >= 15 is 0 Å². The normalized spacial score (nSPS) is 12.8. The Bertz CT molecular complexity index is 1060. The monoisotopic (exact) mass is 396 g/mol. The van der Waals surface area contributed by atoms with Gasteiger partial charge in [0.15, 0.2) is 0 Å². The molecule has 0 spiro atoms. The van der Waals surface area contributed by atoms with Crippen molar-refractivity contribution in [1.29, 1.82) is 0 Å². The van der Waals surface area contributed by atoms with Gasteiger partial charge >= 0.3 is 0 Å². The molecule has 0 heterocycles. The van der Waals surface area contributed by atoms with Crippen LogP contribution in [0.2, 0.25) is 0 Å². The molecular formula is C22H24N2O3S. The summed E-state index contributed by atoms with van der Waals surface area (Å²) in [5, 5.41) is 4.59. The van der Waals surface area contributed by atoms with Crippen LogP contribution in [-0.2, 0) is 21.2 Å². The van der Waals surface area contributed by atoms with E-state index < -0.39 is 16.1 Å². The number of benzene rings is 3. The molecule has 3 aromatic rings. The Morgan fingerprint density at radius 2 is 1.54 bits per heavy atom. The van der Waals surface area contributed by atoms with Crippen LogP contribution in [0.3, 0.4) is 0 Å². The second-order valence-corrected chi connectivity index (χ2v) is 8.75. The number of rotatable bonds is 7. The molecule has 6 heteroatoms. The van der Waals surface area contributed by atoms with E-state index in [-0.39, 0.29) is 23.3 Å². The standard InChI is InChI=1S/C22H24N2O3S/c1-16(2)23-22(25)21(14-17-8-4-3-5-9-17)24-28(26,27)20-13-12-18-10-6-7-11-19(18)15-20/h3-13,15-16,21,24H,14H2,1-2H3,(H,23,25). The summed E-state index contributed by atoms with van der Waals surface area (Å²) in [4.78, 5) is 12.8. The topological polar surface area (TPSA) is 75.3 Å². The second-order valence-electron chi connectivity index (χ2n) is 7.04. The Labute approximate surface area is 165 Å². The first-order valence-corrected chi connectivity index (χ1v) is 10.7. The van der Waals surface area contributed by atoms with Crippen LogP contribution in [0.5, 0.6) is 0 Å². The van der Waals surface area contributed by atoms with Crippen molar-refractivity contribution < 1.29 is 13.2 Å². The van der Waals surface area contributed by atoms with Gasteiger partial charge in [-0.05, 0) is 48.7 Å². The van der Waals surface area contributed by atoms with Crippen LogP contribution >= 0.6 is 0 Å². The maximum Gasteiger partial charge on any atom is 0.241 e. The molecule has 0 saturated heterocycles. The predicted molar refractivity (Wildman–Crippen MR) is 111 cm³/mol. The molecule has 146 valence electrons. The summed E-state index contributed by atoms with van der Waals surface area (Å²) in [5.74, 6) is -0.344. The van der Waals surface area contributed by atoms with E-state index in [1.54, 1.807) is 18.2 Å². The summed E-state index contributed by atoms with van der Waals surface area (Å²) < 4.78 is 28.5. The van der Waals surface area contributed by atoms with E-state index in [0.717, 1.165) is 16.3 Å². The number of hydrogen-bond acceptors (Lipinski definition) is 3. The van der Waals surface area contributed by atoms with Crippen LogP contribution in [0.15, 0.2) is 77.7 Å². The van der Waals surface area contributed by atoms with Crippen molar-refractivity contribution in [1.82, 2.24) is 10.0 Å². The first-order valence-electron chi connectivity index (χ1n) is 9.20. The van der Waals surface area contributed by atoms with Crippen LogP contribution in [-0.4, -0.2) is 26.4 Å². The summed E-state index contributed by atoms with van der Waals surface area (Å²) in [5.41, 5.74) is 0.882. The maximum atomic E-state index is 13.0. The molecule has 5 nitrogen and oxygen atoms in total. The van der Waals surface area contributed by atoms with Gasteiger partial charge in [-0.2, -0.15) is 4.72 Å². The van der Waals surface area contributed by atoms with E-state index in [0.29, 0.717) is 0 Å². The maximum absolute atomic E-state index is 13.0. The van der Waals surface area contributed by atoms with Crippen LogP contribution in [0.25, 0.3) is 10.8 Å². The summed E-state index contributed by atoms with van der Waals surface area (Å²) in [7, 11) is -3.86. The van der Waals surface area contributed by atoms with Crippen molar-refractivity contribution in [2.75, 3.05) is 0 Å². The van der Waals surface area contributed by atoms with Crippen LogP contribution in [0.1, 0.15) is 19.4 Å². The van der Waals surface area contributed by atoms with E-state index in [2.05, 4.69) is 10.0 Å². The largest absolute Gasteiger partial charge is 0.353 e. The lowest BCUT2D eigenvalue weighted by atomic mass is 10.1. The highest BCUT2D eigenvalue weighted by Gasteiger charge is 2.26. The molecule has 3 aromatic carbocycles. The first kappa shape index (κ1) is 20.0. The van der Waals surface area contributed by atoms with Crippen molar-refractivity contribution in [2.45, 2.75) is 37.2 Å². The van der Waals surface area contributed by atoms with Crippen LogP contribution < -0.4 is 10.0 Å². The van der Waals surface area contributed by atoms with Crippen molar-refractivity contribution in [3.8, 4) is 0 Å². The summed E-state index contributed by atoms with van der Waals surface area (Å²) in [6.45, 7) is 3.69. The molecule has 0 aliphatic rings. The Morgan fingerprint density at radius 1 is 0.893 bits per heavy atom. The Hall–Kier alpha value is -2.70. The van der Waals surface area contributed by atoms with Gasteiger partial charge in [0.2, 0.25) is 15.9 Å². The van der Waals surface area contributed by atoms with E-state index in [1.165, 1.54) is 0 Å². The van der Waals surface area contributed by atoms with Crippen molar-refractivity contribution in [3.63, 3.8) is 0 Å². The lowest BCUT2D eigenvalue weighted by Crippen LogP contribution is -2.49. The lowest BCUT2D eigenvalue weighted by Gasteiger charge is -2.20. The molecule has 3 rings (SSSR count). The van der Waals surface area contributed by atoms with Gasteiger partial charge in [0.25, 0.3) is 0 Å². The van der Waals surface area contributed by atoms with Gasteiger partial charge < -0.3 is 5.32 Å². The van der Waals surface area contributed by atoms with Crippen molar-refractivity contribution in [2.24, 2.45) is 0 Å². The third-order valence-electron chi connectivity index (χ3n) is 4.36. The summed E-state index contributed by atoms with van der Waals surface area (Å²) in [6, 6.07) is 20.9. The average molecular weight is 397 g/mol. The molecule has 0 bridgehead atoms. The van der Waals surface area contributed by atoms with Gasteiger partial charge in [-0.25, -0.2) is 8.42 Å². The minimum Gasteiger partial charge on any atom is -0.353 e. The van der Waals surface area contributed by atoms with Crippen LogP contribution in [0, 0.1) is 0 Å². The van der Waals surface area contributed by atoms with E-state index in [9.17, 15) is 13.2 Å². The third-order valence-corrected chi connectivity index (χ3v) is 5.83. The van der Waals surface area contributed by atoms with Gasteiger partial charge in [-0.15, -0.1) is 0 Å². The average Bonchev–Trinajstić information content (AvgIpc) is 2.67. The molecule has 0 radical (unpaired) electrons. The number of nitrogens with one attached hydrogen (secondary N) is 2. The Morgan fingerprint density at radius 3 is 2.21 bits per heavy atom. The number of amides is 1. The molecule has 1 atom stereocenters. The number of fused-ring (bicyclic) bond motifs is 1. The van der Waals surface area contributed by atoms with Gasteiger partial charge in [-0.1, -0.05) is 60.7 Å². The number of sulfonamides is 1. The van der Waals surface area contributed by atoms with Gasteiger partial charge in [0.05, 0.1) is 4.90 Å². The highest BCUT2D eigenvalue weighted by Crippen LogP contribution is 2.19. The molecule has 0 aliphatic heterocycles. The zero-order valence-corrected chi connectivity index (χ0v) is 16.7. The first-order chi connectivity index (χ1) is 13.3. The minimum absolute atomic E-state index is 0.0871. The Kier molecular flexibility index (Phi) is 6.11. The molecule has 0 fully saturated rings. The molecule has 1 unspecified atom stereocenters. The quantitative estimate of drug-likeness (QED) is 0.644. The number of carbonyl (C=O) groups is 1. The van der Waals surface area contributed by atoms with Gasteiger partial charge in [0, 0.05) is 6.04 Å². The van der Waals surface area contributed by atoms with Crippen molar-refractivity contribution in [3.05, 3.63) is 78.4 Å². The minimum atomic E-state index is -3.86. The highest BCUT2D eigenvalue weighted by molar-refractivity contribution is 7.89. The molecule has 0 aromatic heterocycles. The molecule has 1 amide bonds. The fraction of sp³-hybridized carbons (Fsp3) is 0.227. The fourth-order valence-corrected chi connectivity index (χ4v) is 4.24. The van der Waals surface area contributed by atoms with Crippen LogP contribution in [0.4, 0.5) is 0 Å². The van der Waals surface area contributed by atoms with Gasteiger partial charge in [-0.3, -0.25) is 4.79 Å².